The first-order valence-corrected chi connectivity index (χ1v) is 9.59. The van der Waals surface area contributed by atoms with Crippen molar-refractivity contribution < 1.29 is 4.79 Å². The van der Waals surface area contributed by atoms with Gasteiger partial charge in [0.1, 0.15) is 0 Å². The van der Waals surface area contributed by atoms with E-state index in [4.69, 9.17) is 0 Å². The van der Waals surface area contributed by atoms with E-state index in [1.165, 1.54) is 31.2 Å². The van der Waals surface area contributed by atoms with E-state index >= 15 is 0 Å². The SMILES string of the molecule is Cl.Cl.O=C(CCC1CCNCC1)NCC(c1ccccc1)N1CCCC1. The van der Waals surface area contributed by atoms with Crippen molar-refractivity contribution in [1.29, 1.82) is 0 Å². The average molecular weight is 402 g/mol. The molecule has 3 rings (SSSR count). The molecule has 2 fully saturated rings. The zero-order valence-corrected chi connectivity index (χ0v) is 17.1. The second-order valence-corrected chi connectivity index (χ2v) is 7.21. The summed E-state index contributed by atoms with van der Waals surface area (Å²) < 4.78 is 0. The topological polar surface area (TPSA) is 44.4 Å². The lowest BCUT2D eigenvalue weighted by molar-refractivity contribution is -0.121. The molecule has 2 heterocycles. The van der Waals surface area contributed by atoms with E-state index in [9.17, 15) is 4.79 Å². The first kappa shape index (κ1) is 23.2. The van der Waals surface area contributed by atoms with Crippen molar-refractivity contribution in [2.75, 3.05) is 32.7 Å². The van der Waals surface area contributed by atoms with E-state index in [1.54, 1.807) is 0 Å². The second-order valence-electron chi connectivity index (χ2n) is 7.21. The zero-order chi connectivity index (χ0) is 16.6. The molecule has 0 saturated carbocycles. The molecule has 2 aliphatic heterocycles. The maximum absolute atomic E-state index is 12.3. The van der Waals surface area contributed by atoms with Gasteiger partial charge in [0.15, 0.2) is 0 Å². The summed E-state index contributed by atoms with van der Waals surface area (Å²) in [6.07, 6.45) is 6.68. The van der Waals surface area contributed by atoms with E-state index in [-0.39, 0.29) is 30.7 Å². The Bertz CT molecular complexity index is 503. The number of rotatable bonds is 7. The molecule has 0 bridgehead atoms. The number of carbonyl (C=O) groups is 1. The zero-order valence-electron chi connectivity index (χ0n) is 15.5. The lowest BCUT2D eigenvalue weighted by Crippen LogP contribution is -2.37. The predicted molar refractivity (Wildman–Crippen MR) is 112 cm³/mol. The maximum Gasteiger partial charge on any atom is 0.220 e. The number of amides is 1. The van der Waals surface area contributed by atoms with Crippen LogP contribution in [0.1, 0.15) is 50.1 Å². The van der Waals surface area contributed by atoms with Crippen molar-refractivity contribution in [3.8, 4) is 0 Å². The van der Waals surface area contributed by atoms with Crippen molar-refractivity contribution in [3.63, 3.8) is 0 Å². The number of likely N-dealkylation sites (tertiary alicyclic amines) is 1. The number of carbonyl (C=O) groups excluding carboxylic acids is 1. The molecular weight excluding hydrogens is 369 g/mol. The van der Waals surface area contributed by atoms with Gasteiger partial charge in [-0.2, -0.15) is 0 Å². The molecule has 148 valence electrons. The highest BCUT2D eigenvalue weighted by molar-refractivity contribution is 5.85. The summed E-state index contributed by atoms with van der Waals surface area (Å²) in [5.41, 5.74) is 1.32. The van der Waals surface area contributed by atoms with E-state index in [1.807, 2.05) is 0 Å². The van der Waals surface area contributed by atoms with Gasteiger partial charge in [-0.05, 0) is 69.8 Å². The van der Waals surface area contributed by atoms with E-state index in [0.29, 0.717) is 12.5 Å². The monoisotopic (exact) mass is 401 g/mol. The second kappa shape index (κ2) is 12.6. The molecule has 0 radical (unpaired) electrons. The van der Waals surface area contributed by atoms with Gasteiger partial charge in [-0.15, -0.1) is 24.8 Å². The van der Waals surface area contributed by atoms with Crippen LogP contribution < -0.4 is 10.6 Å². The van der Waals surface area contributed by atoms with Crippen molar-refractivity contribution in [1.82, 2.24) is 15.5 Å². The molecule has 0 spiro atoms. The Labute approximate surface area is 170 Å². The Kier molecular flexibility index (Phi) is 11.2. The van der Waals surface area contributed by atoms with Crippen molar-refractivity contribution in [2.24, 2.45) is 5.92 Å². The number of hydrogen-bond donors (Lipinski definition) is 2. The molecule has 0 aromatic heterocycles. The van der Waals surface area contributed by atoms with Gasteiger partial charge in [-0.3, -0.25) is 9.69 Å². The fraction of sp³-hybridized carbons (Fsp3) is 0.650. The van der Waals surface area contributed by atoms with Crippen molar-refractivity contribution >= 4 is 30.7 Å². The van der Waals surface area contributed by atoms with Crippen molar-refractivity contribution in [2.45, 2.75) is 44.6 Å². The lowest BCUT2D eigenvalue weighted by Gasteiger charge is -2.28. The van der Waals surface area contributed by atoms with Crippen LogP contribution in [-0.4, -0.2) is 43.5 Å². The van der Waals surface area contributed by atoms with Crippen LogP contribution in [-0.2, 0) is 4.79 Å². The van der Waals surface area contributed by atoms with Crippen LogP contribution in [0.5, 0.6) is 0 Å². The third kappa shape index (κ3) is 7.07. The van der Waals surface area contributed by atoms with Gasteiger partial charge >= 0.3 is 0 Å². The summed E-state index contributed by atoms with van der Waals surface area (Å²) in [6, 6.07) is 10.9. The molecule has 1 aromatic rings. The Morgan fingerprint density at radius 3 is 2.42 bits per heavy atom. The van der Waals surface area contributed by atoms with Crippen LogP contribution in [0.15, 0.2) is 30.3 Å². The molecule has 1 atom stereocenters. The summed E-state index contributed by atoms with van der Waals surface area (Å²) in [6.45, 7) is 5.23. The molecule has 0 aliphatic carbocycles. The van der Waals surface area contributed by atoms with Crippen LogP contribution in [0.4, 0.5) is 0 Å². The fourth-order valence-corrected chi connectivity index (χ4v) is 3.99. The maximum atomic E-state index is 12.3. The van der Waals surface area contributed by atoms with E-state index in [0.717, 1.165) is 45.1 Å². The highest BCUT2D eigenvalue weighted by Gasteiger charge is 2.24. The number of benzene rings is 1. The Morgan fingerprint density at radius 2 is 1.77 bits per heavy atom. The van der Waals surface area contributed by atoms with Gasteiger partial charge in [-0.25, -0.2) is 0 Å². The molecular formula is C20H33Cl2N3O. The molecule has 1 amide bonds. The minimum atomic E-state index is 0. The normalized spacial score (nSPS) is 19.2. The number of nitrogens with one attached hydrogen (secondary N) is 2. The molecule has 1 unspecified atom stereocenters. The quantitative estimate of drug-likeness (QED) is 0.733. The fourth-order valence-electron chi connectivity index (χ4n) is 3.99. The smallest absolute Gasteiger partial charge is 0.220 e. The molecule has 4 nitrogen and oxygen atoms in total. The van der Waals surface area contributed by atoms with E-state index in [2.05, 4.69) is 45.9 Å². The number of hydrogen-bond acceptors (Lipinski definition) is 3. The predicted octanol–water partition coefficient (Wildman–Crippen LogP) is 3.56. The third-order valence-corrected chi connectivity index (χ3v) is 5.50. The minimum absolute atomic E-state index is 0. The summed E-state index contributed by atoms with van der Waals surface area (Å²) in [4.78, 5) is 14.8. The summed E-state index contributed by atoms with van der Waals surface area (Å²) in [5.74, 6) is 0.939. The standard InChI is InChI=1S/C20H31N3O.2ClH/c24-20(9-8-17-10-12-21-13-11-17)22-16-19(23-14-4-5-15-23)18-6-2-1-3-7-18;;/h1-3,6-7,17,19,21H,4-5,8-16H2,(H,22,24);2*1H. The highest BCUT2D eigenvalue weighted by atomic mass is 35.5. The van der Waals surface area contributed by atoms with Crippen LogP contribution in [0.2, 0.25) is 0 Å². The van der Waals surface area contributed by atoms with Gasteiger partial charge < -0.3 is 10.6 Å². The molecule has 26 heavy (non-hydrogen) atoms. The molecule has 2 N–H and O–H groups in total. The lowest BCUT2D eigenvalue weighted by atomic mass is 9.93. The van der Waals surface area contributed by atoms with Crippen LogP contribution in [0.3, 0.4) is 0 Å². The summed E-state index contributed by atoms with van der Waals surface area (Å²) >= 11 is 0. The summed E-state index contributed by atoms with van der Waals surface area (Å²) in [5, 5.41) is 6.59. The third-order valence-electron chi connectivity index (χ3n) is 5.50. The molecule has 1 aromatic carbocycles. The minimum Gasteiger partial charge on any atom is -0.354 e. The number of nitrogens with zero attached hydrogens (tertiary/aromatic N) is 1. The van der Waals surface area contributed by atoms with Gasteiger partial charge in [0.25, 0.3) is 0 Å². The number of halogens is 2. The Hall–Kier alpha value is -0.810. The van der Waals surface area contributed by atoms with E-state index < -0.39 is 0 Å². The Balaban J connectivity index is 0.00000169. The average Bonchev–Trinajstić information content (AvgIpc) is 3.16. The molecule has 2 aliphatic rings. The van der Waals surface area contributed by atoms with Gasteiger partial charge in [0, 0.05) is 13.0 Å². The molecule has 6 heteroatoms. The van der Waals surface area contributed by atoms with Gasteiger partial charge in [0.2, 0.25) is 5.91 Å². The first-order chi connectivity index (χ1) is 11.8. The van der Waals surface area contributed by atoms with Crippen LogP contribution >= 0.6 is 24.8 Å². The van der Waals surface area contributed by atoms with Crippen molar-refractivity contribution in [3.05, 3.63) is 35.9 Å². The number of piperidine rings is 1. The van der Waals surface area contributed by atoms with Crippen LogP contribution in [0.25, 0.3) is 0 Å². The van der Waals surface area contributed by atoms with Crippen LogP contribution in [0, 0.1) is 5.92 Å². The van der Waals surface area contributed by atoms with Gasteiger partial charge in [-0.1, -0.05) is 30.3 Å². The summed E-state index contributed by atoms with van der Waals surface area (Å²) in [7, 11) is 0. The first-order valence-electron chi connectivity index (χ1n) is 9.59. The highest BCUT2D eigenvalue weighted by Crippen LogP contribution is 2.24. The largest absolute Gasteiger partial charge is 0.354 e. The Morgan fingerprint density at radius 1 is 1.12 bits per heavy atom. The van der Waals surface area contributed by atoms with Gasteiger partial charge in [0.05, 0.1) is 6.04 Å². The molecule has 2 saturated heterocycles.